The van der Waals surface area contributed by atoms with Crippen LogP contribution in [0.5, 0.6) is 0 Å². The lowest BCUT2D eigenvalue weighted by Gasteiger charge is -2.09. The van der Waals surface area contributed by atoms with E-state index in [1.54, 1.807) is 0 Å². The Balaban J connectivity index is 3.96. The van der Waals surface area contributed by atoms with Crippen molar-refractivity contribution < 1.29 is 29.5 Å². The molecule has 0 aromatic rings. The summed E-state index contributed by atoms with van der Waals surface area (Å²) in [4.78, 5) is 27.0. The molecule has 0 saturated heterocycles. The van der Waals surface area contributed by atoms with Crippen molar-refractivity contribution >= 4 is 24.3 Å². The van der Waals surface area contributed by atoms with Gasteiger partial charge in [-0.3, -0.25) is 9.68 Å². The van der Waals surface area contributed by atoms with Crippen molar-refractivity contribution in [2.45, 2.75) is 0 Å². The van der Waals surface area contributed by atoms with E-state index < -0.39 is 12.3 Å². The highest BCUT2D eigenvalue weighted by Gasteiger charge is 2.16. The molecule has 12 heavy (non-hydrogen) atoms. The van der Waals surface area contributed by atoms with E-state index in [4.69, 9.17) is 15.5 Å². The summed E-state index contributed by atoms with van der Waals surface area (Å²) in [6.45, 7) is 0. The van der Waals surface area contributed by atoms with E-state index in [0.717, 1.165) is 0 Å². The van der Waals surface area contributed by atoms with Gasteiger partial charge in [0.25, 0.3) is 0 Å². The Morgan fingerprint density at radius 2 is 1.75 bits per heavy atom. The van der Waals surface area contributed by atoms with Gasteiger partial charge in [-0.2, -0.15) is 5.26 Å². The maximum atomic E-state index is 9.81. The van der Waals surface area contributed by atoms with Gasteiger partial charge in [-0.1, -0.05) is 0 Å². The van der Waals surface area contributed by atoms with Crippen molar-refractivity contribution in [3.05, 3.63) is 0 Å². The fraction of sp³-hybridized carbons (Fsp3) is 0. The number of hydrogen-bond acceptors (Lipinski definition) is 7. The van der Waals surface area contributed by atoms with Crippen LogP contribution < -0.4 is 0 Å². The fourth-order valence-electron chi connectivity index (χ4n) is 0.217. The average Bonchev–Trinajstić information content (AvgIpc) is 1.84. The maximum absolute atomic E-state index is 9.81. The minimum absolute atomic E-state index is 0.0648. The Morgan fingerprint density at radius 3 is 2.00 bits per heavy atom. The molecule has 66 valence electrons. The van der Waals surface area contributed by atoms with E-state index in [0.29, 0.717) is 0 Å². The molecule has 0 heterocycles. The summed E-state index contributed by atoms with van der Waals surface area (Å²) in [6.07, 6.45) is -3.59. The predicted octanol–water partition coefficient (Wildman–Crippen LogP) is 0.637. The van der Waals surface area contributed by atoms with Gasteiger partial charge >= 0.3 is 12.3 Å². The summed E-state index contributed by atoms with van der Waals surface area (Å²) >= 11 is 0.0658. The zero-order valence-corrected chi connectivity index (χ0v) is 6.15. The molecule has 0 aliphatic carbocycles. The summed E-state index contributed by atoms with van der Waals surface area (Å²) < 4.78 is -0.0648. The number of hydrogen-bond donors (Lipinski definition) is 2. The van der Waals surface area contributed by atoms with Gasteiger partial charge < -0.3 is 10.2 Å². The third-order valence-corrected chi connectivity index (χ3v) is 0.800. The Morgan fingerprint density at radius 1 is 1.33 bits per heavy atom. The average molecular weight is 194 g/mol. The van der Waals surface area contributed by atoms with Gasteiger partial charge in [0.05, 0.1) is 0 Å². The molecule has 0 aliphatic rings. The second-order valence-corrected chi connectivity index (χ2v) is 1.78. The van der Waals surface area contributed by atoms with Gasteiger partial charge in [-0.05, 0) is 0 Å². The van der Waals surface area contributed by atoms with Crippen molar-refractivity contribution in [2.75, 3.05) is 0 Å². The number of nitriles is 1. The zero-order chi connectivity index (χ0) is 9.56. The van der Waals surface area contributed by atoms with E-state index in [9.17, 15) is 9.59 Å². The van der Waals surface area contributed by atoms with Crippen LogP contribution in [0.1, 0.15) is 0 Å². The second kappa shape index (κ2) is 5.05. The minimum Gasteiger partial charge on any atom is -0.448 e. The largest absolute Gasteiger partial charge is 0.528 e. The minimum atomic E-state index is -1.79. The van der Waals surface area contributed by atoms with Gasteiger partial charge in [0, 0.05) is 0 Å². The molecule has 0 unspecified atom stereocenters. The molecule has 9 heteroatoms. The molecule has 0 fully saturated rings. The van der Waals surface area contributed by atoms with E-state index in [-0.39, 0.29) is 16.6 Å². The van der Waals surface area contributed by atoms with E-state index in [1.165, 1.54) is 5.40 Å². The predicted molar refractivity (Wildman–Crippen MR) is 33.3 cm³/mol. The lowest BCUT2D eigenvalue weighted by molar-refractivity contribution is -0.231. The highest BCUT2D eigenvalue weighted by Crippen LogP contribution is 2.09. The van der Waals surface area contributed by atoms with Crippen LogP contribution in [0.15, 0.2) is 0 Å². The molecule has 0 aromatic carbocycles. The summed E-state index contributed by atoms with van der Waals surface area (Å²) in [6, 6.07) is 0. The molecular formula is C3H2N2O6S. The van der Waals surface area contributed by atoms with E-state index >= 15 is 0 Å². The molecule has 2 N–H and O–H groups in total. The highest BCUT2D eigenvalue weighted by atomic mass is 32.2. The first-order valence-corrected chi connectivity index (χ1v) is 3.01. The smallest absolute Gasteiger partial charge is 0.448 e. The Kier molecular flexibility index (Phi) is 4.35. The summed E-state index contributed by atoms with van der Waals surface area (Å²) in [5.74, 6) is 0. The lowest BCUT2D eigenvalue weighted by atomic mass is 11.4. The van der Waals surface area contributed by atoms with Crippen molar-refractivity contribution in [1.29, 1.82) is 5.26 Å². The maximum Gasteiger partial charge on any atom is 0.528 e. The van der Waals surface area contributed by atoms with Crippen LogP contribution >= 0.6 is 11.9 Å². The number of rotatable bonds is 3. The molecular weight excluding hydrogens is 192 g/mol. The zero-order valence-electron chi connectivity index (χ0n) is 5.33. The standard InChI is InChI=1S/C3H2N2O6S/c4-1-12-5(10-2(6)7)11-3(8)9/h(H,6,7)(H,8,9). The van der Waals surface area contributed by atoms with Crippen LogP contribution in [0, 0.1) is 10.7 Å². The Bertz CT molecular complexity index is 207. The number of nitrogens with zero attached hydrogens (tertiary/aromatic N) is 2. The van der Waals surface area contributed by atoms with Gasteiger partial charge in [0.15, 0.2) is 5.40 Å². The molecule has 0 bridgehead atoms. The Hall–Kier alpha value is -1.66. The van der Waals surface area contributed by atoms with Crippen LogP contribution in [-0.2, 0) is 9.68 Å². The topological polar surface area (TPSA) is 120 Å². The van der Waals surface area contributed by atoms with Crippen LogP contribution in [0.4, 0.5) is 9.59 Å². The summed E-state index contributed by atoms with van der Waals surface area (Å²) in [5.41, 5.74) is 0. The van der Waals surface area contributed by atoms with Crippen molar-refractivity contribution in [2.24, 2.45) is 0 Å². The third-order valence-electron chi connectivity index (χ3n) is 0.421. The van der Waals surface area contributed by atoms with Gasteiger partial charge in [-0.15, -0.1) is 0 Å². The first-order valence-electron chi connectivity index (χ1n) is 2.24. The molecule has 0 radical (unpaired) electrons. The first-order chi connectivity index (χ1) is 5.56. The lowest BCUT2D eigenvalue weighted by Crippen LogP contribution is -2.22. The number of thiocyanates is 1. The molecule has 0 saturated carbocycles. The SMILES string of the molecule is N#CSN(OC(=O)O)OC(=O)O. The fourth-order valence-corrected chi connectivity index (χ4v) is 0.485. The summed E-state index contributed by atoms with van der Waals surface area (Å²) in [7, 11) is 0. The van der Waals surface area contributed by atoms with E-state index in [2.05, 4.69) is 9.68 Å². The normalized spacial score (nSPS) is 8.67. The van der Waals surface area contributed by atoms with Crippen molar-refractivity contribution in [3.63, 3.8) is 0 Å². The Labute approximate surface area is 69.9 Å². The molecule has 0 atom stereocenters. The monoisotopic (exact) mass is 194 g/mol. The number of carbonyl (C=O) groups is 2. The van der Waals surface area contributed by atoms with Crippen LogP contribution in [0.25, 0.3) is 0 Å². The molecule has 0 spiro atoms. The highest BCUT2D eigenvalue weighted by molar-refractivity contribution is 8.01. The quantitative estimate of drug-likeness (QED) is 0.378. The molecule has 8 nitrogen and oxygen atoms in total. The van der Waals surface area contributed by atoms with Crippen molar-refractivity contribution in [1.82, 2.24) is 4.63 Å². The number of carboxylic acid groups (broad SMARTS) is 2. The van der Waals surface area contributed by atoms with Gasteiger partial charge in [0.2, 0.25) is 0 Å². The van der Waals surface area contributed by atoms with Crippen LogP contribution in [0.2, 0.25) is 0 Å². The molecule has 0 aliphatic heterocycles. The van der Waals surface area contributed by atoms with Crippen LogP contribution in [-0.4, -0.2) is 27.2 Å². The van der Waals surface area contributed by atoms with E-state index in [1.807, 2.05) is 0 Å². The van der Waals surface area contributed by atoms with Crippen LogP contribution in [0.3, 0.4) is 0 Å². The summed E-state index contributed by atoms with van der Waals surface area (Å²) in [5, 5.41) is 25.3. The first kappa shape index (κ1) is 10.3. The van der Waals surface area contributed by atoms with Gasteiger partial charge in [-0.25, -0.2) is 9.59 Å². The second-order valence-electron chi connectivity index (χ2n) is 1.12. The third kappa shape index (κ3) is 5.15. The van der Waals surface area contributed by atoms with Gasteiger partial charge in [0.1, 0.15) is 16.6 Å². The van der Waals surface area contributed by atoms with Crippen molar-refractivity contribution in [3.8, 4) is 5.40 Å². The molecule has 0 rings (SSSR count). The molecule has 0 amide bonds. The molecule has 0 aromatic heterocycles.